The molecule has 0 fully saturated rings. The lowest BCUT2D eigenvalue weighted by atomic mass is 9.97. The second-order valence-electron chi connectivity index (χ2n) is 17.3. The van der Waals surface area contributed by atoms with E-state index in [1.54, 1.807) is 41.5 Å². The van der Waals surface area contributed by atoms with E-state index in [9.17, 15) is 73.5 Å². The van der Waals surface area contributed by atoms with Crippen molar-refractivity contribution in [3.63, 3.8) is 0 Å². The van der Waals surface area contributed by atoms with Gasteiger partial charge in [0, 0.05) is 12.3 Å². The molecule has 0 saturated heterocycles. The largest absolute Gasteiger partial charge is 0.481 e. The van der Waals surface area contributed by atoms with Gasteiger partial charge in [0.25, 0.3) is 5.91 Å². The molecule has 8 amide bonds. The molecule has 21 N–H and O–H groups in total. The summed E-state index contributed by atoms with van der Waals surface area (Å²) in [6.45, 7) is 10.1. The van der Waals surface area contributed by atoms with Gasteiger partial charge in [0.15, 0.2) is 6.04 Å². The highest BCUT2D eigenvalue weighted by Crippen LogP contribution is 2.12. The summed E-state index contributed by atoms with van der Waals surface area (Å²) in [6, 6.07) is -13.1. The molecule has 0 aliphatic heterocycles. The number of hydrogen-bond donors (Lipinski definition) is 17. The van der Waals surface area contributed by atoms with Crippen LogP contribution in [0.25, 0.3) is 0 Å². The van der Waals surface area contributed by atoms with Crippen molar-refractivity contribution in [3.8, 4) is 0 Å². The number of aliphatic hydroxyl groups excluding tert-OH is 3. The zero-order chi connectivity index (χ0) is 52.6. The highest BCUT2D eigenvalue weighted by atomic mass is 16.4. The van der Waals surface area contributed by atoms with E-state index in [1.807, 2.05) is 0 Å². The summed E-state index contributed by atoms with van der Waals surface area (Å²) < 4.78 is 0. The number of carbonyl (C=O) groups is 10. The van der Waals surface area contributed by atoms with Crippen LogP contribution in [0, 0.1) is 23.7 Å². The van der Waals surface area contributed by atoms with Gasteiger partial charge in [-0.1, -0.05) is 61.8 Å². The van der Waals surface area contributed by atoms with Crippen LogP contribution in [0.2, 0.25) is 0 Å². The third kappa shape index (κ3) is 21.6. The van der Waals surface area contributed by atoms with Crippen molar-refractivity contribution in [3.05, 3.63) is 0 Å². The zero-order valence-electron chi connectivity index (χ0n) is 40.0. The van der Waals surface area contributed by atoms with E-state index < -0.39 is 164 Å². The quantitative estimate of drug-likeness (QED) is 0.0169. The van der Waals surface area contributed by atoms with E-state index in [0.29, 0.717) is 0 Å². The fraction of sp³-hybridized carbons (Fsp3) is 0.732. The monoisotopic (exact) mass is 977 g/mol. The molecular weight excluding hydrogens is 901 g/mol. The Morgan fingerprint density at radius 1 is 0.500 bits per heavy atom. The van der Waals surface area contributed by atoms with Crippen LogP contribution in [0.5, 0.6) is 0 Å². The Morgan fingerprint density at radius 2 is 0.868 bits per heavy atom. The van der Waals surface area contributed by atoms with E-state index >= 15 is 0 Å². The number of nitrogens with one attached hydrogen (secondary N) is 9. The van der Waals surface area contributed by atoms with Gasteiger partial charge in [0.05, 0.1) is 26.4 Å². The number of amides is 8. The average Bonchev–Trinajstić information content (AvgIpc) is 3.26. The molecule has 0 aromatic rings. The minimum Gasteiger partial charge on any atom is -0.481 e. The number of carbonyl (C=O) groups excluding carboxylic acids is 8. The van der Waals surface area contributed by atoms with Gasteiger partial charge in [-0.2, -0.15) is 0 Å². The summed E-state index contributed by atoms with van der Waals surface area (Å²) >= 11 is 0. The maximum absolute atomic E-state index is 14.0. The molecular formula is C41H76N12O15+2. The Morgan fingerprint density at radius 3 is 1.26 bits per heavy atom. The summed E-state index contributed by atoms with van der Waals surface area (Å²) in [6.07, 6.45) is -1.06. The summed E-state index contributed by atoms with van der Waals surface area (Å²) in [7, 11) is 0. The topological polar surface area (TPSA) is 462 Å². The van der Waals surface area contributed by atoms with Gasteiger partial charge in [0.1, 0.15) is 48.3 Å². The Balaban J connectivity index is 6.56. The van der Waals surface area contributed by atoms with Crippen molar-refractivity contribution >= 4 is 65.2 Å². The van der Waals surface area contributed by atoms with Gasteiger partial charge < -0.3 is 73.8 Å². The highest BCUT2D eigenvalue weighted by Gasteiger charge is 2.37. The second kappa shape index (κ2) is 31.0. The lowest BCUT2D eigenvalue weighted by Crippen LogP contribution is -2.78. The molecule has 0 rings (SSSR count). The zero-order valence-corrected chi connectivity index (χ0v) is 40.0. The molecule has 27 heteroatoms. The standard InChI is InChI=1S/C41H74N12O15/c1-9-21(8)31(39(66)50-25(16-55)35(62)48-26(17-56)36(63)52-30(20(6)7)40(67)68)53-33(60)22(11-10-14-45-41(43)44)46-32(59)23(12-13-27(57)58)47-34(61)24(15-54)49-38(65)29(19(4)5)51-37(64)28(42)18(2)3/h18-26,28-31,54-56H,9-17,42H2,1-8H3,(H,46,59)(H,47,61)(H,48,62)(H,49,65)(H,50,66)(H,51,64)(H,52,63)(H,53,60)(H,57,58)(H,67,68)(H4,43,44,45)/p+2/t21-,22-,23-,24-,25-,26-,28-,29-,30-,31-/m0/s1. The number of aliphatic hydroxyl groups is 3. The fourth-order valence-corrected chi connectivity index (χ4v) is 6.09. The van der Waals surface area contributed by atoms with Crippen LogP contribution in [0.3, 0.4) is 0 Å². The Labute approximate surface area is 394 Å². The van der Waals surface area contributed by atoms with Crippen LogP contribution in [0.15, 0.2) is 0 Å². The SMILES string of the molecule is CC[C@H](C)[C@H](NC(=O)[C@H](CCC[NH+]=C(N)N)NC(=O)[C@H](CCC(=O)O)NC(=O)[C@H](CO)NC(=O)[C@@H](NC(=O)[C@@H]([NH3+])C(C)C)C(C)C)C(=O)N[C@@H](CO)C(=O)N[C@@H](CO)C(=O)N[C@H](C(=O)O)C(C)C. The van der Waals surface area contributed by atoms with Gasteiger partial charge in [-0.25, -0.2) is 4.79 Å². The first-order chi connectivity index (χ1) is 31.7. The molecule has 388 valence electrons. The molecule has 0 bridgehead atoms. The third-order valence-electron chi connectivity index (χ3n) is 10.8. The number of quaternary nitrogens is 1. The van der Waals surface area contributed by atoms with Crippen LogP contribution >= 0.6 is 0 Å². The van der Waals surface area contributed by atoms with Crippen LogP contribution in [0.1, 0.15) is 87.5 Å². The van der Waals surface area contributed by atoms with Gasteiger partial charge in [-0.3, -0.25) is 59.6 Å². The Kier molecular flexibility index (Phi) is 28.2. The van der Waals surface area contributed by atoms with Crippen molar-refractivity contribution in [1.82, 2.24) is 42.5 Å². The van der Waals surface area contributed by atoms with E-state index in [2.05, 4.69) is 53.3 Å². The average molecular weight is 977 g/mol. The maximum Gasteiger partial charge on any atom is 0.338 e. The van der Waals surface area contributed by atoms with E-state index in [0.717, 1.165) is 0 Å². The normalized spacial score (nSPS) is 15.6. The molecule has 0 radical (unpaired) electrons. The fourth-order valence-electron chi connectivity index (χ4n) is 6.09. The summed E-state index contributed by atoms with van der Waals surface area (Å²) in [5.41, 5.74) is 14.8. The predicted octanol–water partition coefficient (Wildman–Crippen LogP) is -8.45. The predicted molar refractivity (Wildman–Crippen MR) is 240 cm³/mol. The van der Waals surface area contributed by atoms with Crippen molar-refractivity contribution < 1.29 is 84.2 Å². The number of carboxylic acids is 2. The number of hydrogen-bond acceptors (Lipinski definition) is 13. The molecule has 0 heterocycles. The Hall–Kier alpha value is -6.19. The molecule has 10 atom stereocenters. The van der Waals surface area contributed by atoms with E-state index in [1.165, 1.54) is 13.8 Å². The van der Waals surface area contributed by atoms with Crippen LogP contribution in [-0.2, 0) is 47.9 Å². The summed E-state index contributed by atoms with van der Waals surface area (Å²) in [4.78, 5) is 133. The first-order valence-corrected chi connectivity index (χ1v) is 22.3. The first-order valence-electron chi connectivity index (χ1n) is 22.3. The molecule has 68 heavy (non-hydrogen) atoms. The third-order valence-corrected chi connectivity index (χ3v) is 10.8. The molecule has 27 nitrogen and oxygen atoms in total. The molecule has 0 aliphatic rings. The molecule has 0 unspecified atom stereocenters. The lowest BCUT2D eigenvalue weighted by Gasteiger charge is -2.29. The minimum absolute atomic E-state index is 0.0770. The molecule has 0 spiro atoms. The van der Waals surface area contributed by atoms with Crippen molar-refractivity contribution in [2.24, 2.45) is 35.1 Å². The van der Waals surface area contributed by atoms with E-state index in [-0.39, 0.29) is 37.7 Å². The molecule has 0 aromatic carbocycles. The first kappa shape index (κ1) is 61.8. The summed E-state index contributed by atoms with van der Waals surface area (Å²) in [5.74, 6) is -12.7. The van der Waals surface area contributed by atoms with Gasteiger partial charge in [-0.05, 0) is 37.0 Å². The van der Waals surface area contributed by atoms with Crippen molar-refractivity contribution in [2.45, 2.75) is 142 Å². The van der Waals surface area contributed by atoms with Gasteiger partial charge in [0.2, 0.25) is 41.4 Å². The summed E-state index contributed by atoms with van der Waals surface area (Å²) in [5, 5.41) is 67.7. The molecule has 0 saturated carbocycles. The van der Waals surface area contributed by atoms with Crippen LogP contribution in [0.4, 0.5) is 0 Å². The Bertz CT molecular complexity index is 1760. The van der Waals surface area contributed by atoms with Crippen molar-refractivity contribution in [1.29, 1.82) is 0 Å². The number of nitrogens with two attached hydrogens (primary N) is 2. The molecule has 0 aliphatic carbocycles. The molecule has 0 aromatic heterocycles. The van der Waals surface area contributed by atoms with Gasteiger partial charge >= 0.3 is 17.9 Å². The lowest BCUT2D eigenvalue weighted by molar-refractivity contribution is -0.459. The highest BCUT2D eigenvalue weighted by molar-refractivity contribution is 5.98. The van der Waals surface area contributed by atoms with Crippen LogP contribution < -0.4 is 64.7 Å². The smallest absolute Gasteiger partial charge is 0.338 e. The van der Waals surface area contributed by atoms with Crippen molar-refractivity contribution in [2.75, 3.05) is 26.4 Å². The maximum atomic E-state index is 14.0. The number of aliphatic carboxylic acids is 2. The van der Waals surface area contributed by atoms with Crippen LogP contribution in [-0.4, -0.2) is 171 Å². The minimum atomic E-state index is -1.76. The number of guanidine groups is 1. The number of rotatable bonds is 32. The number of carboxylic acid groups (broad SMARTS) is 2. The van der Waals surface area contributed by atoms with E-state index in [4.69, 9.17) is 11.5 Å². The second-order valence-corrected chi connectivity index (χ2v) is 17.3. The van der Waals surface area contributed by atoms with Gasteiger partial charge in [-0.15, -0.1) is 0 Å².